The van der Waals surface area contributed by atoms with E-state index in [-0.39, 0.29) is 0 Å². The number of nitrogens with zero attached hydrogens (tertiary/aromatic N) is 2. The van der Waals surface area contributed by atoms with E-state index in [1.165, 1.54) is 7.11 Å². The first-order chi connectivity index (χ1) is 6.10. The molecule has 0 unspecified atom stereocenters. The smallest absolute Gasteiger partial charge is 0.402 e. The zero-order chi connectivity index (χ0) is 10.3. The molecule has 0 bridgehead atoms. The van der Waals surface area contributed by atoms with Crippen molar-refractivity contribution in [2.75, 3.05) is 27.4 Å². The van der Waals surface area contributed by atoms with Crippen molar-refractivity contribution in [3.63, 3.8) is 0 Å². The van der Waals surface area contributed by atoms with Crippen LogP contribution < -0.4 is 0 Å². The van der Waals surface area contributed by atoms with E-state index in [0.29, 0.717) is 0 Å². The molecule has 0 amide bonds. The van der Waals surface area contributed by atoms with Gasteiger partial charge in [-0.25, -0.2) is 0 Å². The van der Waals surface area contributed by atoms with E-state index in [0.717, 1.165) is 13.2 Å². The van der Waals surface area contributed by atoms with Gasteiger partial charge in [-0.3, -0.25) is 0 Å². The summed E-state index contributed by atoms with van der Waals surface area (Å²) in [7, 11) is 1.66. The van der Waals surface area contributed by atoms with E-state index < -0.39 is 7.32 Å². The van der Waals surface area contributed by atoms with Crippen molar-refractivity contribution < 1.29 is 14.7 Å². The molecule has 2 N–H and O–H groups in total. The quantitative estimate of drug-likeness (QED) is 0.560. The summed E-state index contributed by atoms with van der Waals surface area (Å²) in [5, 5.41) is 15.4. The standard InChI is InChI=1S/C6H12N2.CH5BO3/c1-3-8-5-4-7(2)6-8;1-5-2(3)4/h4-5H,3,6H2,1-2H3;3-4H,1H3. The fraction of sp³-hybridized carbons (Fsp3) is 0.714. The van der Waals surface area contributed by atoms with E-state index in [4.69, 9.17) is 10.0 Å². The molecule has 6 heteroatoms. The highest BCUT2D eigenvalue weighted by atomic mass is 16.6. The third-order valence-corrected chi connectivity index (χ3v) is 1.55. The van der Waals surface area contributed by atoms with Gasteiger partial charge in [-0.1, -0.05) is 0 Å². The zero-order valence-electron chi connectivity index (χ0n) is 8.34. The van der Waals surface area contributed by atoms with Crippen LogP contribution in [0.5, 0.6) is 0 Å². The van der Waals surface area contributed by atoms with Crippen LogP contribution in [0.15, 0.2) is 12.4 Å². The first-order valence-electron chi connectivity index (χ1n) is 4.11. The van der Waals surface area contributed by atoms with Crippen LogP contribution in [0.4, 0.5) is 0 Å². The van der Waals surface area contributed by atoms with Crippen molar-refractivity contribution in [3.05, 3.63) is 12.4 Å². The topological polar surface area (TPSA) is 56.2 Å². The van der Waals surface area contributed by atoms with E-state index in [1.807, 2.05) is 0 Å². The summed E-state index contributed by atoms with van der Waals surface area (Å²) >= 11 is 0. The molecule has 1 aliphatic rings. The first-order valence-corrected chi connectivity index (χ1v) is 4.11. The van der Waals surface area contributed by atoms with Crippen LogP contribution >= 0.6 is 0 Å². The highest BCUT2D eigenvalue weighted by Crippen LogP contribution is 2.00. The van der Waals surface area contributed by atoms with Gasteiger partial charge in [-0.05, 0) is 6.92 Å². The molecule has 0 fully saturated rings. The molecule has 0 atom stereocenters. The van der Waals surface area contributed by atoms with Crippen LogP contribution in [0.2, 0.25) is 0 Å². The summed E-state index contributed by atoms with van der Waals surface area (Å²) in [5.74, 6) is 0. The Morgan fingerprint density at radius 2 is 2.00 bits per heavy atom. The van der Waals surface area contributed by atoms with Crippen LogP contribution in [0.3, 0.4) is 0 Å². The molecule has 0 spiro atoms. The molecule has 76 valence electrons. The maximum Gasteiger partial charge on any atom is 0.633 e. The molecule has 0 saturated heterocycles. The minimum Gasteiger partial charge on any atom is -0.402 e. The molecular weight excluding hydrogens is 171 g/mol. The van der Waals surface area contributed by atoms with Crippen LogP contribution in [-0.2, 0) is 4.65 Å². The highest BCUT2D eigenvalue weighted by molar-refractivity contribution is 6.32. The molecule has 1 heterocycles. The SMILES string of the molecule is CCN1C=CN(C)C1.COB(O)O. The molecule has 1 aliphatic heterocycles. The van der Waals surface area contributed by atoms with Crippen molar-refractivity contribution in [1.29, 1.82) is 0 Å². The van der Waals surface area contributed by atoms with Crippen molar-refractivity contribution in [2.24, 2.45) is 0 Å². The molecule has 5 nitrogen and oxygen atoms in total. The molecule has 0 aromatic carbocycles. The predicted molar refractivity (Wildman–Crippen MR) is 51.4 cm³/mol. The monoisotopic (exact) mass is 188 g/mol. The second kappa shape index (κ2) is 6.76. The van der Waals surface area contributed by atoms with Gasteiger partial charge in [0, 0.05) is 33.1 Å². The largest absolute Gasteiger partial charge is 0.633 e. The Hall–Kier alpha value is -0.715. The Labute approximate surface area is 79.4 Å². The number of hydrogen-bond acceptors (Lipinski definition) is 5. The van der Waals surface area contributed by atoms with Gasteiger partial charge in [0.2, 0.25) is 0 Å². The van der Waals surface area contributed by atoms with Gasteiger partial charge >= 0.3 is 7.32 Å². The summed E-state index contributed by atoms with van der Waals surface area (Å²) in [4.78, 5) is 4.41. The number of hydrogen-bond donors (Lipinski definition) is 2. The van der Waals surface area contributed by atoms with Gasteiger partial charge in [-0.15, -0.1) is 0 Å². The molecule has 0 aromatic rings. The summed E-state index contributed by atoms with van der Waals surface area (Å²) in [6.07, 6.45) is 4.20. The lowest BCUT2D eigenvalue weighted by atomic mass is 10.3. The second-order valence-electron chi connectivity index (χ2n) is 2.66. The predicted octanol–water partition coefficient (Wildman–Crippen LogP) is -0.715. The normalized spacial score (nSPS) is 14.2. The minimum absolute atomic E-state index is 1.05. The lowest BCUT2D eigenvalue weighted by Crippen LogP contribution is -2.21. The van der Waals surface area contributed by atoms with Gasteiger partial charge in [0.05, 0.1) is 6.67 Å². The molecule has 13 heavy (non-hydrogen) atoms. The van der Waals surface area contributed by atoms with Crippen LogP contribution in [-0.4, -0.2) is 54.5 Å². The van der Waals surface area contributed by atoms with Crippen LogP contribution in [0.25, 0.3) is 0 Å². The summed E-state index contributed by atoms with van der Waals surface area (Å²) in [6, 6.07) is 0. The first kappa shape index (κ1) is 12.3. The van der Waals surface area contributed by atoms with E-state index in [1.54, 1.807) is 0 Å². The van der Waals surface area contributed by atoms with E-state index in [9.17, 15) is 0 Å². The summed E-state index contributed by atoms with van der Waals surface area (Å²) < 4.78 is 3.86. The van der Waals surface area contributed by atoms with Crippen molar-refractivity contribution >= 4 is 7.32 Å². The molecule has 0 saturated carbocycles. The Kier molecular flexibility index (Phi) is 6.39. The van der Waals surface area contributed by atoms with E-state index >= 15 is 0 Å². The average Bonchev–Trinajstić information content (AvgIpc) is 2.52. The molecule has 0 radical (unpaired) electrons. The Balaban J connectivity index is 0.000000252. The Morgan fingerprint density at radius 3 is 2.15 bits per heavy atom. The van der Waals surface area contributed by atoms with Crippen molar-refractivity contribution in [1.82, 2.24) is 9.80 Å². The lowest BCUT2D eigenvalue weighted by molar-refractivity contribution is 0.229. The van der Waals surface area contributed by atoms with Crippen molar-refractivity contribution in [2.45, 2.75) is 6.92 Å². The minimum atomic E-state index is -1.62. The van der Waals surface area contributed by atoms with Crippen LogP contribution in [0.1, 0.15) is 6.92 Å². The van der Waals surface area contributed by atoms with E-state index in [2.05, 4.69) is 40.8 Å². The summed E-state index contributed by atoms with van der Waals surface area (Å²) in [6.45, 7) is 4.32. The molecule has 1 rings (SSSR count). The second-order valence-corrected chi connectivity index (χ2v) is 2.66. The fourth-order valence-corrected chi connectivity index (χ4v) is 0.794. The lowest BCUT2D eigenvalue weighted by Gasteiger charge is -2.14. The zero-order valence-corrected chi connectivity index (χ0v) is 8.34. The van der Waals surface area contributed by atoms with Gasteiger partial charge in [-0.2, -0.15) is 0 Å². The Morgan fingerprint density at radius 1 is 1.46 bits per heavy atom. The number of rotatable bonds is 2. The maximum atomic E-state index is 7.69. The third-order valence-electron chi connectivity index (χ3n) is 1.55. The van der Waals surface area contributed by atoms with Gasteiger partial charge in [0.15, 0.2) is 0 Å². The van der Waals surface area contributed by atoms with Crippen molar-refractivity contribution in [3.8, 4) is 0 Å². The highest BCUT2D eigenvalue weighted by Gasteiger charge is 2.03. The third kappa shape index (κ3) is 6.45. The van der Waals surface area contributed by atoms with Gasteiger partial charge in [0.25, 0.3) is 0 Å². The molecular formula is C7H17BN2O3. The average molecular weight is 188 g/mol. The molecule has 0 aromatic heterocycles. The summed E-state index contributed by atoms with van der Waals surface area (Å²) in [5.41, 5.74) is 0. The maximum absolute atomic E-state index is 7.69. The van der Waals surface area contributed by atoms with Gasteiger partial charge in [0.1, 0.15) is 0 Å². The molecule has 0 aliphatic carbocycles. The van der Waals surface area contributed by atoms with Gasteiger partial charge < -0.3 is 24.5 Å². The Bertz CT molecular complexity index is 155. The van der Waals surface area contributed by atoms with Crippen LogP contribution in [0, 0.1) is 0 Å². The fourth-order valence-electron chi connectivity index (χ4n) is 0.794.